The highest BCUT2D eigenvalue weighted by molar-refractivity contribution is 5.93. The monoisotopic (exact) mass is 338 g/mol. The molecule has 25 heavy (non-hydrogen) atoms. The van der Waals surface area contributed by atoms with E-state index in [-0.39, 0.29) is 0 Å². The number of piperazine rings is 1. The molecular formula is C21H30N4. The van der Waals surface area contributed by atoms with Crippen LogP contribution in [0.1, 0.15) is 32.6 Å². The summed E-state index contributed by atoms with van der Waals surface area (Å²) in [7, 11) is 0. The summed E-state index contributed by atoms with van der Waals surface area (Å²) in [6.45, 7) is 8.19. The molecule has 4 nitrogen and oxygen atoms in total. The summed E-state index contributed by atoms with van der Waals surface area (Å²) in [6.07, 6.45) is 9.95. The summed E-state index contributed by atoms with van der Waals surface area (Å²) in [4.78, 5) is 5.28. The SMILES string of the molecule is CCCCN1CCN(C2C3C=CCCC3=NN2c2ccccc2)CC1. The first kappa shape index (κ1) is 16.8. The minimum Gasteiger partial charge on any atom is -0.301 e. The molecule has 0 spiro atoms. The van der Waals surface area contributed by atoms with Gasteiger partial charge in [-0.1, -0.05) is 43.7 Å². The van der Waals surface area contributed by atoms with Gasteiger partial charge in [0.05, 0.1) is 11.6 Å². The lowest BCUT2D eigenvalue weighted by Gasteiger charge is -2.42. The highest BCUT2D eigenvalue weighted by atomic mass is 15.6. The topological polar surface area (TPSA) is 22.1 Å². The number of nitrogens with zero attached hydrogens (tertiary/aromatic N) is 4. The van der Waals surface area contributed by atoms with Crippen molar-refractivity contribution in [3.63, 3.8) is 0 Å². The highest BCUT2D eigenvalue weighted by Gasteiger charge is 2.41. The zero-order valence-corrected chi connectivity index (χ0v) is 15.3. The largest absolute Gasteiger partial charge is 0.301 e. The second-order valence-electron chi connectivity index (χ2n) is 7.41. The van der Waals surface area contributed by atoms with E-state index in [0.29, 0.717) is 12.1 Å². The Morgan fingerprint density at radius 2 is 1.88 bits per heavy atom. The van der Waals surface area contributed by atoms with Gasteiger partial charge in [0.25, 0.3) is 0 Å². The molecule has 2 atom stereocenters. The van der Waals surface area contributed by atoms with Crippen LogP contribution in [0.5, 0.6) is 0 Å². The number of unbranched alkanes of at least 4 members (excludes halogenated alkanes) is 1. The number of hydrazone groups is 1. The van der Waals surface area contributed by atoms with Crippen molar-refractivity contribution in [3.8, 4) is 0 Å². The minimum absolute atomic E-state index is 0.349. The summed E-state index contributed by atoms with van der Waals surface area (Å²) in [6, 6.07) is 10.7. The third-order valence-electron chi connectivity index (χ3n) is 5.73. The third-order valence-corrected chi connectivity index (χ3v) is 5.73. The number of hydrogen-bond donors (Lipinski definition) is 0. The van der Waals surface area contributed by atoms with Crippen LogP contribution in [0.15, 0.2) is 47.6 Å². The zero-order chi connectivity index (χ0) is 17.1. The van der Waals surface area contributed by atoms with Gasteiger partial charge in [0.15, 0.2) is 0 Å². The number of benzene rings is 1. The molecule has 1 saturated heterocycles. The molecule has 2 unspecified atom stereocenters. The first-order chi connectivity index (χ1) is 12.4. The van der Waals surface area contributed by atoms with Crippen LogP contribution >= 0.6 is 0 Å². The molecule has 1 fully saturated rings. The quantitative estimate of drug-likeness (QED) is 0.766. The van der Waals surface area contributed by atoms with Gasteiger partial charge in [-0.3, -0.25) is 4.90 Å². The molecule has 1 aromatic carbocycles. The van der Waals surface area contributed by atoms with E-state index in [1.807, 2.05) is 0 Å². The maximum absolute atomic E-state index is 5.05. The molecule has 2 heterocycles. The summed E-state index contributed by atoms with van der Waals surface area (Å²) in [5.74, 6) is 0.455. The van der Waals surface area contributed by atoms with Gasteiger partial charge in [0.1, 0.15) is 6.17 Å². The molecule has 0 amide bonds. The first-order valence-electron chi connectivity index (χ1n) is 9.91. The summed E-state index contributed by atoms with van der Waals surface area (Å²) < 4.78 is 0. The normalized spacial score (nSPS) is 27.4. The van der Waals surface area contributed by atoms with Crippen LogP contribution in [0.3, 0.4) is 0 Å². The first-order valence-corrected chi connectivity index (χ1v) is 9.91. The molecule has 0 bridgehead atoms. The van der Waals surface area contributed by atoms with E-state index >= 15 is 0 Å². The Labute approximate surface area is 151 Å². The van der Waals surface area contributed by atoms with E-state index < -0.39 is 0 Å². The van der Waals surface area contributed by atoms with Crippen molar-refractivity contribution in [2.45, 2.75) is 38.8 Å². The fourth-order valence-electron chi connectivity index (χ4n) is 4.30. The molecule has 4 heteroatoms. The number of hydrogen-bond acceptors (Lipinski definition) is 4. The molecular weight excluding hydrogens is 308 g/mol. The van der Waals surface area contributed by atoms with E-state index in [0.717, 1.165) is 25.9 Å². The third kappa shape index (κ3) is 3.51. The average molecular weight is 338 g/mol. The van der Waals surface area contributed by atoms with Gasteiger partial charge in [-0.2, -0.15) is 5.10 Å². The van der Waals surface area contributed by atoms with Crippen molar-refractivity contribution in [3.05, 3.63) is 42.5 Å². The second kappa shape index (κ2) is 7.71. The molecule has 0 radical (unpaired) electrons. The van der Waals surface area contributed by atoms with Crippen LogP contribution in [-0.4, -0.2) is 54.4 Å². The van der Waals surface area contributed by atoms with Crippen LogP contribution in [0.25, 0.3) is 0 Å². The summed E-state index contributed by atoms with van der Waals surface area (Å²) >= 11 is 0. The number of allylic oxidation sites excluding steroid dienone is 1. The average Bonchev–Trinajstić information content (AvgIpc) is 3.07. The van der Waals surface area contributed by atoms with E-state index in [2.05, 4.69) is 64.2 Å². The number of fused-ring (bicyclic) bond motifs is 1. The molecule has 4 rings (SSSR count). The van der Waals surface area contributed by atoms with Gasteiger partial charge in [-0.25, -0.2) is 5.01 Å². The molecule has 3 aliphatic rings. The van der Waals surface area contributed by atoms with Gasteiger partial charge in [-0.15, -0.1) is 0 Å². The van der Waals surface area contributed by atoms with E-state index in [4.69, 9.17) is 5.10 Å². The van der Waals surface area contributed by atoms with Crippen molar-refractivity contribution in [2.24, 2.45) is 11.0 Å². The molecule has 2 aliphatic heterocycles. The van der Waals surface area contributed by atoms with Crippen LogP contribution in [0.4, 0.5) is 5.69 Å². The molecule has 0 aromatic heterocycles. The van der Waals surface area contributed by atoms with Gasteiger partial charge in [0, 0.05) is 31.9 Å². The van der Waals surface area contributed by atoms with Crippen molar-refractivity contribution >= 4 is 11.4 Å². The predicted octanol–water partition coefficient (Wildman–Crippen LogP) is 3.57. The van der Waals surface area contributed by atoms with E-state index in [9.17, 15) is 0 Å². The Morgan fingerprint density at radius 1 is 1.08 bits per heavy atom. The zero-order valence-electron chi connectivity index (χ0n) is 15.3. The Bertz CT molecular complexity index is 616. The second-order valence-corrected chi connectivity index (χ2v) is 7.41. The molecule has 0 N–H and O–H groups in total. The fraction of sp³-hybridized carbons (Fsp3) is 0.571. The molecule has 0 saturated carbocycles. The van der Waals surface area contributed by atoms with Gasteiger partial charge >= 0.3 is 0 Å². The summed E-state index contributed by atoms with van der Waals surface area (Å²) in [5.41, 5.74) is 2.58. The predicted molar refractivity (Wildman–Crippen MR) is 105 cm³/mol. The van der Waals surface area contributed by atoms with Crippen molar-refractivity contribution < 1.29 is 0 Å². The summed E-state index contributed by atoms with van der Waals surface area (Å²) in [5, 5.41) is 7.34. The lowest BCUT2D eigenvalue weighted by atomic mass is 9.91. The van der Waals surface area contributed by atoms with Gasteiger partial charge in [0.2, 0.25) is 0 Å². The van der Waals surface area contributed by atoms with Crippen LogP contribution in [0.2, 0.25) is 0 Å². The minimum atomic E-state index is 0.349. The fourth-order valence-corrected chi connectivity index (χ4v) is 4.30. The van der Waals surface area contributed by atoms with Crippen LogP contribution in [-0.2, 0) is 0 Å². The van der Waals surface area contributed by atoms with Crippen LogP contribution < -0.4 is 5.01 Å². The lowest BCUT2D eigenvalue weighted by molar-refractivity contribution is 0.0893. The van der Waals surface area contributed by atoms with Crippen LogP contribution in [0, 0.1) is 5.92 Å². The number of rotatable bonds is 5. The van der Waals surface area contributed by atoms with E-state index in [1.165, 1.54) is 43.9 Å². The molecule has 1 aromatic rings. The highest BCUT2D eigenvalue weighted by Crippen LogP contribution is 2.35. The molecule has 134 valence electrons. The van der Waals surface area contributed by atoms with E-state index in [1.54, 1.807) is 0 Å². The number of para-hydroxylation sites is 1. The number of anilines is 1. The smallest absolute Gasteiger partial charge is 0.116 e. The van der Waals surface area contributed by atoms with Crippen molar-refractivity contribution in [1.29, 1.82) is 0 Å². The Hall–Kier alpha value is -1.65. The molecule has 1 aliphatic carbocycles. The Morgan fingerprint density at radius 3 is 2.64 bits per heavy atom. The van der Waals surface area contributed by atoms with Gasteiger partial charge in [-0.05, 0) is 37.9 Å². The van der Waals surface area contributed by atoms with Crippen molar-refractivity contribution in [1.82, 2.24) is 9.80 Å². The van der Waals surface area contributed by atoms with Crippen molar-refractivity contribution in [2.75, 3.05) is 37.7 Å². The Balaban J connectivity index is 1.52. The maximum atomic E-state index is 5.05. The standard InChI is InChI=1S/C21H30N4/c1-2-3-13-23-14-16-24(17-15-23)21-19-11-7-8-12-20(19)22-25(21)18-9-5-4-6-10-18/h4-7,9-11,19,21H,2-3,8,12-17H2,1H3. The lowest BCUT2D eigenvalue weighted by Crippen LogP contribution is -2.56. The van der Waals surface area contributed by atoms with Gasteiger partial charge < -0.3 is 4.90 Å². The Kier molecular flexibility index (Phi) is 5.18. The maximum Gasteiger partial charge on any atom is 0.116 e.